The van der Waals surface area contributed by atoms with E-state index in [0.29, 0.717) is 11.6 Å². The molecule has 0 bridgehead atoms. The van der Waals surface area contributed by atoms with Crippen LogP contribution in [0.25, 0.3) is 0 Å². The van der Waals surface area contributed by atoms with Crippen LogP contribution < -0.4 is 15.5 Å². The van der Waals surface area contributed by atoms with Crippen molar-refractivity contribution in [2.45, 2.75) is 25.9 Å². The van der Waals surface area contributed by atoms with E-state index in [0.717, 1.165) is 38.3 Å². The minimum Gasteiger partial charge on any atom is -0.331 e. The molecule has 0 radical (unpaired) electrons. The lowest BCUT2D eigenvalue weighted by atomic mass is 10.1. The molecule has 0 unspecified atom stereocenters. The van der Waals surface area contributed by atoms with Crippen LogP contribution in [0.4, 0.5) is 5.69 Å². The molecule has 0 aromatic heterocycles. The quantitative estimate of drug-likeness (QED) is 0.695. The number of nitrogens with one attached hydrogen (secondary N) is 3. The second-order valence-electron chi connectivity index (χ2n) is 7.98. The lowest BCUT2D eigenvalue weighted by molar-refractivity contribution is -0.917. The molecule has 1 fully saturated rings. The number of hydrogen-bond acceptors (Lipinski definition) is 4. The van der Waals surface area contributed by atoms with Gasteiger partial charge < -0.3 is 15.1 Å². The first-order valence-corrected chi connectivity index (χ1v) is 10.4. The van der Waals surface area contributed by atoms with Gasteiger partial charge in [0, 0.05) is 11.3 Å². The largest absolute Gasteiger partial charge is 0.331 e. The molecule has 4 rings (SSSR count). The summed E-state index contributed by atoms with van der Waals surface area (Å²) < 4.78 is 0. The Labute approximate surface area is 176 Å². The van der Waals surface area contributed by atoms with Crippen molar-refractivity contribution in [2.75, 3.05) is 31.5 Å². The van der Waals surface area contributed by atoms with Crippen molar-refractivity contribution in [3.05, 3.63) is 65.7 Å². The van der Waals surface area contributed by atoms with E-state index in [-0.39, 0.29) is 18.2 Å². The number of piperazine rings is 1. The zero-order valence-electron chi connectivity index (χ0n) is 17.2. The van der Waals surface area contributed by atoms with Gasteiger partial charge in [-0.2, -0.15) is 0 Å². The van der Waals surface area contributed by atoms with Gasteiger partial charge in [-0.15, -0.1) is 0 Å². The zero-order valence-corrected chi connectivity index (χ0v) is 17.2. The fourth-order valence-corrected chi connectivity index (χ4v) is 3.85. The van der Waals surface area contributed by atoms with Crippen LogP contribution in [-0.4, -0.2) is 54.9 Å². The number of aliphatic imine (C=N–C) groups is 1. The molecule has 1 saturated heterocycles. The Morgan fingerprint density at radius 1 is 1.13 bits per heavy atom. The van der Waals surface area contributed by atoms with E-state index in [2.05, 4.69) is 44.8 Å². The molecule has 0 saturated carbocycles. The maximum Gasteiger partial charge on any atom is 0.249 e. The molecule has 7 nitrogen and oxygen atoms in total. The molecule has 2 heterocycles. The smallest absolute Gasteiger partial charge is 0.249 e. The number of amides is 2. The summed E-state index contributed by atoms with van der Waals surface area (Å²) in [6, 6.07) is 17.4. The van der Waals surface area contributed by atoms with Crippen molar-refractivity contribution in [1.82, 2.24) is 10.2 Å². The lowest BCUT2D eigenvalue weighted by Crippen LogP contribution is -3.13. The summed E-state index contributed by atoms with van der Waals surface area (Å²) in [6.07, 6.45) is 0.0699. The Hall–Kier alpha value is -3.19. The molecular weight excluding hydrogens is 378 g/mol. The highest BCUT2D eigenvalue weighted by atomic mass is 16.2. The van der Waals surface area contributed by atoms with Crippen LogP contribution in [0.2, 0.25) is 0 Å². The third kappa shape index (κ3) is 5.04. The molecule has 2 aliphatic heterocycles. The van der Waals surface area contributed by atoms with Gasteiger partial charge in [-0.05, 0) is 19.1 Å². The molecule has 2 aromatic rings. The Kier molecular flexibility index (Phi) is 6.09. The molecule has 1 atom stereocenters. The molecular formula is C23H28N5O2+. The average Bonchev–Trinajstić information content (AvgIpc) is 2.76. The Morgan fingerprint density at radius 3 is 2.53 bits per heavy atom. The van der Waals surface area contributed by atoms with Gasteiger partial charge in [0.1, 0.15) is 12.6 Å². The molecule has 2 aromatic carbocycles. The maximum absolute atomic E-state index is 12.7. The Balaban J connectivity index is 1.36. The Bertz CT molecular complexity index is 918. The van der Waals surface area contributed by atoms with Crippen molar-refractivity contribution in [3.8, 4) is 0 Å². The molecule has 30 heavy (non-hydrogen) atoms. The van der Waals surface area contributed by atoms with E-state index in [9.17, 15) is 9.59 Å². The highest BCUT2D eigenvalue weighted by Crippen LogP contribution is 2.13. The lowest BCUT2D eigenvalue weighted by Gasteiger charge is -2.35. The number of carbonyl (C=O) groups is 2. The minimum atomic E-state index is -0.704. The predicted molar refractivity (Wildman–Crippen MR) is 116 cm³/mol. The SMILES string of the molecule is Cc1ccc(NC(=O)[C@H]2CC(=O)NC(N3CC[NH+](Cc4ccccc4)CC3)=N2)cc1. The Morgan fingerprint density at radius 2 is 1.83 bits per heavy atom. The van der Waals surface area contributed by atoms with Gasteiger partial charge >= 0.3 is 0 Å². The minimum absolute atomic E-state index is 0.0699. The highest BCUT2D eigenvalue weighted by Gasteiger charge is 2.31. The average molecular weight is 407 g/mol. The van der Waals surface area contributed by atoms with Crippen LogP contribution in [0.5, 0.6) is 0 Å². The molecule has 2 aliphatic rings. The van der Waals surface area contributed by atoms with Gasteiger partial charge in [0.05, 0.1) is 32.6 Å². The third-order valence-electron chi connectivity index (χ3n) is 5.60. The van der Waals surface area contributed by atoms with E-state index in [1.54, 1.807) is 0 Å². The number of nitrogens with zero attached hydrogens (tertiary/aromatic N) is 2. The first-order chi connectivity index (χ1) is 14.6. The summed E-state index contributed by atoms with van der Waals surface area (Å²) in [5.74, 6) is 0.108. The van der Waals surface area contributed by atoms with Crippen LogP contribution >= 0.6 is 0 Å². The van der Waals surface area contributed by atoms with Crippen LogP contribution in [0, 0.1) is 6.92 Å². The molecule has 7 heteroatoms. The fourth-order valence-electron chi connectivity index (χ4n) is 3.85. The van der Waals surface area contributed by atoms with Gasteiger partial charge in [0.25, 0.3) is 0 Å². The van der Waals surface area contributed by atoms with Crippen LogP contribution in [0.15, 0.2) is 59.6 Å². The van der Waals surface area contributed by atoms with Gasteiger partial charge in [-0.25, -0.2) is 4.99 Å². The van der Waals surface area contributed by atoms with Crippen molar-refractivity contribution >= 4 is 23.5 Å². The standard InChI is InChI=1S/C23H27N5O2/c1-17-7-9-19(10-8-17)24-22(30)20-15-21(29)26-23(25-20)28-13-11-27(12-14-28)16-18-5-3-2-4-6-18/h2-10,20H,11-16H2,1H3,(H,24,30)(H,25,26,29)/p+1/t20-/m1/s1. The number of carbonyl (C=O) groups excluding carboxylic acids is 2. The summed E-state index contributed by atoms with van der Waals surface area (Å²) in [6.45, 7) is 6.51. The van der Waals surface area contributed by atoms with Gasteiger partial charge in [-0.3, -0.25) is 14.9 Å². The summed E-state index contributed by atoms with van der Waals surface area (Å²) >= 11 is 0. The highest BCUT2D eigenvalue weighted by molar-refractivity contribution is 6.05. The van der Waals surface area contributed by atoms with E-state index in [1.807, 2.05) is 37.3 Å². The number of aryl methyl sites for hydroxylation is 1. The first-order valence-electron chi connectivity index (χ1n) is 10.4. The van der Waals surface area contributed by atoms with Crippen molar-refractivity contribution in [3.63, 3.8) is 0 Å². The van der Waals surface area contributed by atoms with Crippen LogP contribution in [-0.2, 0) is 16.1 Å². The van der Waals surface area contributed by atoms with Crippen molar-refractivity contribution in [2.24, 2.45) is 4.99 Å². The molecule has 2 amide bonds. The van der Waals surface area contributed by atoms with E-state index in [1.165, 1.54) is 10.5 Å². The molecule has 0 aliphatic carbocycles. The summed E-state index contributed by atoms with van der Waals surface area (Å²) in [7, 11) is 0. The normalized spacial score (nSPS) is 19.8. The van der Waals surface area contributed by atoms with Gasteiger partial charge in [0.2, 0.25) is 17.8 Å². The number of hydrogen-bond donors (Lipinski definition) is 3. The molecule has 0 spiro atoms. The summed E-state index contributed by atoms with van der Waals surface area (Å²) in [5.41, 5.74) is 3.17. The topological polar surface area (TPSA) is 78.2 Å². The predicted octanol–water partition coefficient (Wildman–Crippen LogP) is 0.579. The fraction of sp³-hybridized carbons (Fsp3) is 0.348. The number of rotatable bonds is 4. The number of guanidine groups is 1. The number of anilines is 1. The first kappa shape index (κ1) is 20.1. The number of quaternary nitrogens is 1. The second-order valence-corrected chi connectivity index (χ2v) is 7.98. The third-order valence-corrected chi connectivity index (χ3v) is 5.60. The molecule has 156 valence electrons. The van der Waals surface area contributed by atoms with Crippen LogP contribution in [0.3, 0.4) is 0 Å². The second kappa shape index (κ2) is 9.09. The maximum atomic E-state index is 12.7. The van der Waals surface area contributed by atoms with Crippen molar-refractivity contribution in [1.29, 1.82) is 0 Å². The number of benzene rings is 2. The summed E-state index contributed by atoms with van der Waals surface area (Å²) in [4.78, 5) is 33.0. The van der Waals surface area contributed by atoms with E-state index >= 15 is 0 Å². The van der Waals surface area contributed by atoms with Gasteiger partial charge in [0.15, 0.2) is 0 Å². The molecule has 3 N–H and O–H groups in total. The zero-order chi connectivity index (χ0) is 20.9. The summed E-state index contributed by atoms with van der Waals surface area (Å²) in [5, 5.41) is 5.72. The van der Waals surface area contributed by atoms with Crippen molar-refractivity contribution < 1.29 is 14.5 Å². The van der Waals surface area contributed by atoms with E-state index < -0.39 is 6.04 Å². The van der Waals surface area contributed by atoms with Gasteiger partial charge in [-0.1, -0.05) is 48.0 Å². The monoisotopic (exact) mass is 406 g/mol. The van der Waals surface area contributed by atoms with E-state index in [4.69, 9.17) is 0 Å². The van der Waals surface area contributed by atoms with Crippen LogP contribution in [0.1, 0.15) is 17.5 Å².